The molecule has 0 aliphatic rings. The minimum Gasteiger partial charge on any atom is -0.857 e. The second-order valence-corrected chi connectivity index (χ2v) is 11.4. The van der Waals surface area contributed by atoms with Crippen molar-refractivity contribution in [3.8, 4) is 0 Å². The van der Waals surface area contributed by atoms with E-state index in [9.17, 15) is 0 Å². The van der Waals surface area contributed by atoms with Gasteiger partial charge in [-0.2, -0.15) is 7.11 Å². The second kappa shape index (κ2) is 10.1. The van der Waals surface area contributed by atoms with E-state index in [0.717, 1.165) is 7.11 Å². The summed E-state index contributed by atoms with van der Waals surface area (Å²) in [6, 6.07) is 36.7. The Balaban J connectivity index is 0.00000132. The van der Waals surface area contributed by atoms with Crippen molar-refractivity contribution in [1.29, 1.82) is 0 Å². The fourth-order valence-electron chi connectivity index (χ4n) is 3.97. The van der Waals surface area contributed by atoms with Gasteiger partial charge in [0.1, 0.15) is 28.5 Å². The first-order valence-electron chi connectivity index (χ1n) is 10.6. The summed E-state index contributed by atoms with van der Waals surface area (Å²) in [7, 11) is -1.23. The highest BCUT2D eigenvalue weighted by atomic mass is 31.2. The SMILES string of the molecule is C[O-].Cc1ccc([P+](c2ccc(C)cc2)(c2ccc(C)cc2)c2ccc(C)cc2)cc1. The predicted molar refractivity (Wildman–Crippen MR) is 136 cm³/mol. The van der Waals surface area contributed by atoms with E-state index in [-0.39, 0.29) is 0 Å². The Morgan fingerprint density at radius 2 is 0.516 bits per heavy atom. The third kappa shape index (κ3) is 4.64. The van der Waals surface area contributed by atoms with Crippen LogP contribution in [0.15, 0.2) is 97.1 Å². The summed E-state index contributed by atoms with van der Waals surface area (Å²) < 4.78 is 0. The molecule has 0 saturated heterocycles. The van der Waals surface area contributed by atoms with Crippen LogP contribution >= 0.6 is 7.26 Å². The van der Waals surface area contributed by atoms with Crippen molar-refractivity contribution >= 4 is 28.5 Å². The molecule has 2 heteroatoms. The maximum atomic E-state index is 8.25. The molecule has 158 valence electrons. The Morgan fingerprint density at radius 1 is 0.355 bits per heavy atom. The van der Waals surface area contributed by atoms with Gasteiger partial charge in [-0.25, -0.2) is 0 Å². The average Bonchev–Trinajstić information content (AvgIpc) is 2.80. The smallest absolute Gasteiger partial charge is 0.144 e. The predicted octanol–water partition coefficient (Wildman–Crippen LogP) is 4.52. The van der Waals surface area contributed by atoms with E-state index < -0.39 is 7.26 Å². The van der Waals surface area contributed by atoms with E-state index in [0.29, 0.717) is 0 Å². The molecule has 4 rings (SSSR count). The summed E-state index contributed by atoms with van der Waals surface area (Å²) >= 11 is 0. The lowest BCUT2D eigenvalue weighted by molar-refractivity contribution is -0.325. The van der Waals surface area contributed by atoms with Crippen molar-refractivity contribution in [2.24, 2.45) is 0 Å². The zero-order valence-corrected chi connectivity index (χ0v) is 20.0. The van der Waals surface area contributed by atoms with Crippen molar-refractivity contribution < 1.29 is 5.11 Å². The molecule has 0 heterocycles. The summed E-state index contributed by atoms with van der Waals surface area (Å²) in [6.07, 6.45) is 0. The summed E-state index contributed by atoms with van der Waals surface area (Å²) in [4.78, 5) is 0. The second-order valence-electron chi connectivity index (χ2n) is 8.01. The molecule has 0 N–H and O–H groups in total. The quantitative estimate of drug-likeness (QED) is 0.440. The summed E-state index contributed by atoms with van der Waals surface area (Å²) in [5.41, 5.74) is 5.18. The number of hydrogen-bond donors (Lipinski definition) is 0. The van der Waals surface area contributed by atoms with E-state index in [1.54, 1.807) is 0 Å². The van der Waals surface area contributed by atoms with Crippen LogP contribution in [0.1, 0.15) is 22.3 Å². The highest BCUT2D eigenvalue weighted by molar-refractivity contribution is 8.01. The van der Waals surface area contributed by atoms with E-state index in [1.807, 2.05) is 0 Å². The molecule has 4 aromatic rings. The molecular weight excluding hydrogens is 395 g/mol. The first kappa shape index (κ1) is 22.9. The highest BCUT2D eigenvalue weighted by Gasteiger charge is 2.47. The van der Waals surface area contributed by atoms with Gasteiger partial charge in [-0.3, -0.25) is 0 Å². The Labute approximate surface area is 187 Å². The molecule has 0 fully saturated rings. The van der Waals surface area contributed by atoms with Gasteiger partial charge in [-0.15, -0.1) is 0 Å². The standard InChI is InChI=1S/C28H28P.CH3O/c1-21-5-13-25(14-6-21)29(26-15-7-22(2)8-16-26,27-17-9-23(3)10-18-27)28-19-11-24(4)12-20-28;1-2/h5-20H,1-4H3;1H3/q+1;-1. The van der Waals surface area contributed by atoms with Crippen molar-refractivity contribution in [2.75, 3.05) is 7.11 Å². The van der Waals surface area contributed by atoms with Gasteiger partial charge in [0.05, 0.1) is 0 Å². The molecule has 0 aliphatic heterocycles. The zero-order chi connectivity index (χ0) is 22.4. The molecule has 31 heavy (non-hydrogen) atoms. The number of hydrogen-bond acceptors (Lipinski definition) is 1. The van der Waals surface area contributed by atoms with Crippen molar-refractivity contribution in [2.45, 2.75) is 27.7 Å². The van der Waals surface area contributed by atoms with Gasteiger partial charge in [-0.1, -0.05) is 70.8 Å². The average molecular weight is 427 g/mol. The fourth-order valence-corrected chi connectivity index (χ4v) is 8.14. The molecule has 0 aromatic heterocycles. The normalized spacial score (nSPS) is 10.9. The number of aryl methyl sites for hydroxylation is 4. The van der Waals surface area contributed by atoms with Crippen LogP contribution in [0, 0.1) is 27.7 Å². The Kier molecular flexibility index (Phi) is 7.44. The van der Waals surface area contributed by atoms with Crippen molar-refractivity contribution in [3.63, 3.8) is 0 Å². The molecular formula is C29H31OP. The lowest BCUT2D eigenvalue weighted by atomic mass is 10.2. The van der Waals surface area contributed by atoms with Crippen LogP contribution in [0.2, 0.25) is 0 Å². The van der Waals surface area contributed by atoms with E-state index in [1.165, 1.54) is 43.5 Å². The highest BCUT2D eigenvalue weighted by Crippen LogP contribution is 2.54. The monoisotopic (exact) mass is 426 g/mol. The Bertz CT molecular complexity index is 906. The minimum absolute atomic E-state index is 0.750. The van der Waals surface area contributed by atoms with Gasteiger partial charge in [0, 0.05) is 0 Å². The molecule has 0 spiro atoms. The van der Waals surface area contributed by atoms with Gasteiger partial charge in [-0.05, 0) is 76.2 Å². The van der Waals surface area contributed by atoms with E-state index in [2.05, 4.69) is 125 Å². The van der Waals surface area contributed by atoms with Crippen LogP contribution < -0.4 is 26.3 Å². The maximum absolute atomic E-state index is 8.25. The van der Waals surface area contributed by atoms with Gasteiger partial charge in [0.25, 0.3) is 0 Å². The largest absolute Gasteiger partial charge is 0.857 e. The minimum atomic E-state index is -1.98. The van der Waals surface area contributed by atoms with Gasteiger partial charge < -0.3 is 5.11 Å². The Hall–Kier alpha value is -2.73. The summed E-state index contributed by atoms with van der Waals surface area (Å²) in [5.74, 6) is 0. The van der Waals surface area contributed by atoms with Crippen LogP contribution in [0.4, 0.5) is 0 Å². The van der Waals surface area contributed by atoms with E-state index in [4.69, 9.17) is 5.11 Å². The molecule has 0 atom stereocenters. The van der Waals surface area contributed by atoms with Crippen LogP contribution in [-0.2, 0) is 0 Å². The topological polar surface area (TPSA) is 23.1 Å². The van der Waals surface area contributed by atoms with E-state index >= 15 is 0 Å². The van der Waals surface area contributed by atoms with Crippen LogP contribution in [0.5, 0.6) is 0 Å². The molecule has 0 unspecified atom stereocenters. The summed E-state index contributed by atoms with van der Waals surface area (Å²) in [5, 5.41) is 13.9. The molecule has 0 aliphatic carbocycles. The third-order valence-electron chi connectivity index (χ3n) is 5.69. The number of rotatable bonds is 4. The summed E-state index contributed by atoms with van der Waals surface area (Å²) in [6.45, 7) is 8.64. The maximum Gasteiger partial charge on any atom is 0.144 e. The van der Waals surface area contributed by atoms with Gasteiger partial charge in [0.2, 0.25) is 0 Å². The third-order valence-corrected chi connectivity index (χ3v) is 9.98. The van der Waals surface area contributed by atoms with Gasteiger partial charge >= 0.3 is 0 Å². The molecule has 0 saturated carbocycles. The van der Waals surface area contributed by atoms with Crippen molar-refractivity contribution in [3.05, 3.63) is 119 Å². The first-order valence-corrected chi connectivity index (χ1v) is 12.4. The molecule has 1 nitrogen and oxygen atoms in total. The first-order chi connectivity index (χ1) is 15.0. The zero-order valence-electron chi connectivity index (χ0n) is 19.1. The van der Waals surface area contributed by atoms with Crippen molar-refractivity contribution in [1.82, 2.24) is 0 Å². The van der Waals surface area contributed by atoms with Crippen LogP contribution in [0.25, 0.3) is 0 Å². The molecule has 0 bridgehead atoms. The molecule has 0 amide bonds. The lowest BCUT2D eigenvalue weighted by Crippen LogP contribution is -2.38. The molecule has 4 aromatic carbocycles. The van der Waals surface area contributed by atoms with Crippen LogP contribution in [0.3, 0.4) is 0 Å². The van der Waals surface area contributed by atoms with Crippen LogP contribution in [-0.4, -0.2) is 7.11 Å². The van der Waals surface area contributed by atoms with Gasteiger partial charge in [0.15, 0.2) is 0 Å². The lowest BCUT2D eigenvalue weighted by Gasteiger charge is -2.28. The fraction of sp³-hybridized carbons (Fsp3) is 0.172. The number of benzene rings is 4. The molecule has 0 radical (unpaired) electrons. The Morgan fingerprint density at radius 3 is 0.677 bits per heavy atom.